The van der Waals surface area contributed by atoms with Crippen LogP contribution in [0, 0.1) is 13.8 Å². The number of aryl methyl sites for hydroxylation is 3. The van der Waals surface area contributed by atoms with Gasteiger partial charge in [0.15, 0.2) is 0 Å². The Labute approximate surface area is 186 Å². The molecule has 0 unspecified atom stereocenters. The van der Waals surface area contributed by atoms with Crippen molar-refractivity contribution in [1.29, 1.82) is 0 Å². The maximum absolute atomic E-state index is 12.5. The molecular weight excluding hydrogens is 430 g/mol. The number of benzene rings is 2. The maximum atomic E-state index is 12.5. The van der Waals surface area contributed by atoms with Gasteiger partial charge in [0, 0.05) is 18.5 Å². The minimum absolute atomic E-state index is 0.0465. The van der Waals surface area contributed by atoms with Crippen molar-refractivity contribution in [2.75, 3.05) is 6.54 Å². The number of nitrogens with one attached hydrogen (secondary N) is 1. The molecule has 168 valence electrons. The molecule has 1 aliphatic carbocycles. The molecule has 0 saturated carbocycles. The van der Waals surface area contributed by atoms with E-state index in [1.807, 2.05) is 13.8 Å². The third-order valence-electron chi connectivity index (χ3n) is 5.58. The summed E-state index contributed by atoms with van der Waals surface area (Å²) in [4.78, 5) is 24.9. The number of sulfonamides is 1. The number of fused-ring (bicyclic) bond motifs is 3. The zero-order chi connectivity index (χ0) is 22.9. The van der Waals surface area contributed by atoms with E-state index < -0.39 is 16.0 Å². The summed E-state index contributed by atoms with van der Waals surface area (Å²) in [6, 6.07) is 10.1. The summed E-state index contributed by atoms with van der Waals surface area (Å²) in [5.74, 6) is -0.0866. The van der Waals surface area contributed by atoms with Crippen LogP contribution in [0.1, 0.15) is 41.5 Å². The Morgan fingerprint density at radius 1 is 1.06 bits per heavy atom. The molecule has 0 aliphatic heterocycles. The van der Waals surface area contributed by atoms with E-state index in [2.05, 4.69) is 4.72 Å². The van der Waals surface area contributed by atoms with Gasteiger partial charge in [-0.3, -0.25) is 4.79 Å². The highest BCUT2D eigenvalue weighted by Crippen LogP contribution is 2.35. The largest absolute Gasteiger partial charge is 0.426 e. The lowest BCUT2D eigenvalue weighted by Gasteiger charge is -2.12. The molecule has 1 N–H and O–H groups in total. The van der Waals surface area contributed by atoms with Crippen LogP contribution in [-0.4, -0.2) is 20.9 Å². The number of ether oxygens (including phenoxy) is 1. The molecule has 0 spiro atoms. The molecule has 7 nitrogen and oxygen atoms in total. The zero-order valence-electron chi connectivity index (χ0n) is 18.1. The van der Waals surface area contributed by atoms with Crippen molar-refractivity contribution in [1.82, 2.24) is 4.72 Å². The topological polar surface area (TPSA) is 103 Å². The molecule has 3 aromatic rings. The standard InChI is InChI=1S/C24H25NO6S/c1-15-8-10-17(11-9-15)32(28,29)25-12-4-7-22(26)30-20-13-16(2)14-21-23(20)18-5-3-6-19(18)24(27)31-21/h8-11,13-14,25H,3-7,12H2,1-2H3. The molecule has 1 heterocycles. The summed E-state index contributed by atoms with van der Waals surface area (Å²) in [5.41, 5.74) is 3.43. The van der Waals surface area contributed by atoms with E-state index in [0.29, 0.717) is 35.1 Å². The van der Waals surface area contributed by atoms with E-state index in [0.717, 1.165) is 29.5 Å². The lowest BCUT2D eigenvalue weighted by atomic mass is 10.0. The third-order valence-corrected chi connectivity index (χ3v) is 7.06. The SMILES string of the molecule is Cc1ccc(S(=O)(=O)NCCCC(=O)Oc2cc(C)cc3oc(=O)c4c(c23)CCC4)cc1. The van der Waals surface area contributed by atoms with Crippen molar-refractivity contribution in [2.45, 2.75) is 50.8 Å². The van der Waals surface area contributed by atoms with Crippen molar-refractivity contribution in [3.8, 4) is 5.75 Å². The monoisotopic (exact) mass is 455 g/mol. The van der Waals surface area contributed by atoms with Crippen LogP contribution in [-0.2, 0) is 27.7 Å². The minimum Gasteiger partial charge on any atom is -0.426 e. The van der Waals surface area contributed by atoms with Gasteiger partial charge >= 0.3 is 11.6 Å². The summed E-state index contributed by atoms with van der Waals surface area (Å²) in [7, 11) is -3.62. The van der Waals surface area contributed by atoms with Gasteiger partial charge in [-0.2, -0.15) is 0 Å². The zero-order valence-corrected chi connectivity index (χ0v) is 18.9. The first-order valence-corrected chi connectivity index (χ1v) is 12.1. The molecule has 32 heavy (non-hydrogen) atoms. The second-order valence-corrected chi connectivity index (χ2v) is 9.89. The van der Waals surface area contributed by atoms with Crippen molar-refractivity contribution in [2.24, 2.45) is 0 Å². The molecule has 2 aromatic carbocycles. The van der Waals surface area contributed by atoms with Crippen LogP contribution < -0.4 is 15.1 Å². The summed E-state index contributed by atoms with van der Waals surface area (Å²) in [5, 5.41) is 0.677. The van der Waals surface area contributed by atoms with Gasteiger partial charge in [-0.1, -0.05) is 17.7 Å². The van der Waals surface area contributed by atoms with E-state index >= 15 is 0 Å². The van der Waals surface area contributed by atoms with Gasteiger partial charge in [-0.15, -0.1) is 0 Å². The van der Waals surface area contributed by atoms with Crippen molar-refractivity contribution >= 4 is 27.0 Å². The molecule has 0 atom stereocenters. The normalized spacial score (nSPS) is 13.3. The first kappa shape index (κ1) is 22.2. The quantitative estimate of drug-likeness (QED) is 0.253. The Hall–Kier alpha value is -2.97. The average Bonchev–Trinajstić information content (AvgIpc) is 3.21. The molecule has 1 aliphatic rings. The van der Waals surface area contributed by atoms with E-state index in [1.54, 1.807) is 36.4 Å². The first-order valence-electron chi connectivity index (χ1n) is 10.6. The molecule has 0 amide bonds. The van der Waals surface area contributed by atoms with Crippen LogP contribution in [0.5, 0.6) is 5.75 Å². The highest BCUT2D eigenvalue weighted by molar-refractivity contribution is 7.89. The van der Waals surface area contributed by atoms with Crippen molar-refractivity contribution in [3.63, 3.8) is 0 Å². The Balaban J connectivity index is 1.42. The van der Waals surface area contributed by atoms with Gasteiger partial charge < -0.3 is 9.15 Å². The second-order valence-electron chi connectivity index (χ2n) is 8.12. The summed E-state index contributed by atoms with van der Waals surface area (Å²) in [6.07, 6.45) is 2.61. The van der Waals surface area contributed by atoms with Crippen LogP contribution in [0.3, 0.4) is 0 Å². The van der Waals surface area contributed by atoms with Crippen LogP contribution in [0.25, 0.3) is 11.0 Å². The Bertz CT molecular complexity index is 1340. The van der Waals surface area contributed by atoms with Gasteiger partial charge in [0.1, 0.15) is 11.3 Å². The van der Waals surface area contributed by atoms with Gasteiger partial charge in [-0.05, 0) is 74.9 Å². The number of hydrogen-bond acceptors (Lipinski definition) is 6. The molecule has 1 aromatic heterocycles. The average molecular weight is 456 g/mol. The smallest absolute Gasteiger partial charge is 0.339 e. The number of rotatable bonds is 7. The van der Waals surface area contributed by atoms with Crippen LogP contribution in [0.4, 0.5) is 0 Å². The predicted molar refractivity (Wildman–Crippen MR) is 120 cm³/mol. The molecule has 0 radical (unpaired) electrons. The van der Waals surface area contributed by atoms with Crippen molar-refractivity contribution < 1.29 is 22.4 Å². The third kappa shape index (κ3) is 4.61. The van der Waals surface area contributed by atoms with E-state index in [-0.39, 0.29) is 23.5 Å². The lowest BCUT2D eigenvalue weighted by molar-refractivity contribution is -0.134. The van der Waals surface area contributed by atoms with Gasteiger partial charge in [0.25, 0.3) is 0 Å². The number of esters is 1. The van der Waals surface area contributed by atoms with Crippen molar-refractivity contribution in [3.05, 3.63) is 69.1 Å². The minimum atomic E-state index is -3.62. The molecule has 8 heteroatoms. The van der Waals surface area contributed by atoms with Gasteiger partial charge in [-0.25, -0.2) is 17.9 Å². The van der Waals surface area contributed by atoms with E-state index in [1.165, 1.54) is 0 Å². The number of carbonyl (C=O) groups excluding carboxylic acids is 1. The van der Waals surface area contributed by atoms with Crippen LogP contribution >= 0.6 is 0 Å². The predicted octanol–water partition coefficient (Wildman–Crippen LogP) is 3.56. The van der Waals surface area contributed by atoms with E-state index in [9.17, 15) is 18.0 Å². The summed E-state index contributed by atoms with van der Waals surface area (Å²) in [6.45, 7) is 3.84. The van der Waals surface area contributed by atoms with E-state index in [4.69, 9.17) is 9.15 Å². The van der Waals surface area contributed by atoms with Crippen LogP contribution in [0.2, 0.25) is 0 Å². The Morgan fingerprint density at radius 3 is 2.53 bits per heavy atom. The first-order chi connectivity index (χ1) is 15.2. The van der Waals surface area contributed by atoms with Crippen LogP contribution in [0.15, 0.2) is 50.5 Å². The maximum Gasteiger partial charge on any atom is 0.339 e. The molecule has 4 rings (SSSR count). The highest BCUT2D eigenvalue weighted by atomic mass is 32.2. The Morgan fingerprint density at radius 2 is 1.78 bits per heavy atom. The fourth-order valence-corrected chi connectivity index (χ4v) is 5.07. The summed E-state index contributed by atoms with van der Waals surface area (Å²) < 4.78 is 38.3. The molecular formula is C24H25NO6S. The van der Waals surface area contributed by atoms with Gasteiger partial charge in [0.05, 0.1) is 10.3 Å². The fourth-order valence-electron chi connectivity index (χ4n) is 4.00. The number of carbonyl (C=O) groups is 1. The lowest BCUT2D eigenvalue weighted by Crippen LogP contribution is -2.25. The Kier molecular flexibility index (Phi) is 6.17. The fraction of sp³-hybridized carbons (Fsp3) is 0.333. The summed E-state index contributed by atoms with van der Waals surface area (Å²) >= 11 is 0. The highest BCUT2D eigenvalue weighted by Gasteiger charge is 2.23. The second kappa shape index (κ2) is 8.88. The number of hydrogen-bond donors (Lipinski definition) is 1. The van der Waals surface area contributed by atoms with Gasteiger partial charge in [0.2, 0.25) is 10.0 Å². The molecule has 0 bridgehead atoms. The molecule has 0 saturated heterocycles. The molecule has 0 fully saturated rings.